The van der Waals surface area contributed by atoms with E-state index in [0.29, 0.717) is 25.4 Å². The molecule has 0 aromatic heterocycles. The fraction of sp³-hybridized carbons (Fsp3) is 1.00. The summed E-state index contributed by atoms with van der Waals surface area (Å²) in [6, 6.07) is 0. The van der Waals surface area contributed by atoms with Gasteiger partial charge in [0.25, 0.3) is 0 Å². The summed E-state index contributed by atoms with van der Waals surface area (Å²) in [7, 11) is -3.14. The quantitative estimate of drug-likeness (QED) is 0.675. The molecule has 0 saturated carbocycles. The van der Waals surface area contributed by atoms with Gasteiger partial charge in [0.1, 0.15) is 0 Å². The average Bonchev–Trinajstić information content (AvgIpc) is 2.38. The molecule has 5 nitrogen and oxygen atoms in total. The molecule has 1 fully saturated rings. The first-order valence-electron chi connectivity index (χ1n) is 6.89. The van der Waals surface area contributed by atoms with Crippen molar-refractivity contribution < 1.29 is 13.5 Å². The topological polar surface area (TPSA) is 69.6 Å². The van der Waals surface area contributed by atoms with Crippen molar-refractivity contribution in [3.63, 3.8) is 0 Å². The lowest BCUT2D eigenvalue weighted by molar-refractivity contribution is 0.270. The Balaban J connectivity index is 2.40. The molecule has 0 aliphatic carbocycles. The molecule has 0 amide bonds. The van der Waals surface area contributed by atoms with Gasteiger partial charge in [0.15, 0.2) is 0 Å². The number of aliphatic hydroxyl groups excluding tert-OH is 1. The van der Waals surface area contributed by atoms with Gasteiger partial charge in [-0.15, -0.1) is 0 Å². The van der Waals surface area contributed by atoms with E-state index in [2.05, 4.69) is 5.32 Å². The second-order valence-electron chi connectivity index (χ2n) is 4.87. The third kappa shape index (κ3) is 5.22. The summed E-state index contributed by atoms with van der Waals surface area (Å²) in [5.74, 6) is 0.786. The Morgan fingerprint density at radius 3 is 2.56 bits per heavy atom. The van der Waals surface area contributed by atoms with E-state index in [-0.39, 0.29) is 12.4 Å². The lowest BCUT2D eigenvalue weighted by Gasteiger charge is -2.25. The first-order chi connectivity index (χ1) is 8.60. The zero-order valence-corrected chi connectivity index (χ0v) is 12.1. The van der Waals surface area contributed by atoms with Gasteiger partial charge in [0, 0.05) is 19.7 Å². The number of sulfonamides is 1. The molecule has 1 rings (SSSR count). The van der Waals surface area contributed by atoms with Crippen LogP contribution in [0.4, 0.5) is 0 Å². The van der Waals surface area contributed by atoms with Crippen molar-refractivity contribution in [2.75, 3.05) is 38.5 Å². The highest BCUT2D eigenvalue weighted by Crippen LogP contribution is 2.18. The van der Waals surface area contributed by atoms with Gasteiger partial charge in [-0.05, 0) is 44.7 Å². The van der Waals surface area contributed by atoms with Crippen molar-refractivity contribution in [2.45, 2.75) is 32.6 Å². The lowest BCUT2D eigenvalue weighted by atomic mass is 9.96. The summed E-state index contributed by atoms with van der Waals surface area (Å²) in [4.78, 5) is 0. The number of nitrogens with one attached hydrogen (secondary N) is 1. The molecule has 0 unspecified atom stereocenters. The zero-order chi connectivity index (χ0) is 13.4. The molecular weight excluding hydrogens is 252 g/mol. The van der Waals surface area contributed by atoms with Crippen LogP contribution in [0.25, 0.3) is 0 Å². The Bertz CT molecular complexity index is 313. The average molecular weight is 278 g/mol. The molecule has 1 saturated heterocycles. The number of aliphatic hydroxyl groups is 1. The minimum Gasteiger partial charge on any atom is -0.396 e. The Morgan fingerprint density at radius 1 is 1.33 bits per heavy atom. The minimum absolute atomic E-state index is 0.0420. The number of hydrogen-bond donors (Lipinski definition) is 2. The molecule has 0 spiro atoms. The van der Waals surface area contributed by atoms with Crippen LogP contribution in [-0.4, -0.2) is 56.4 Å². The van der Waals surface area contributed by atoms with Crippen molar-refractivity contribution in [1.29, 1.82) is 0 Å². The summed E-state index contributed by atoms with van der Waals surface area (Å²) >= 11 is 0. The first kappa shape index (κ1) is 15.9. The van der Waals surface area contributed by atoms with Gasteiger partial charge < -0.3 is 10.4 Å². The van der Waals surface area contributed by atoms with Gasteiger partial charge in [-0.2, -0.15) is 0 Å². The summed E-state index contributed by atoms with van der Waals surface area (Å²) < 4.78 is 25.8. The maximum atomic E-state index is 12.1. The van der Waals surface area contributed by atoms with Crippen LogP contribution in [0.5, 0.6) is 0 Å². The van der Waals surface area contributed by atoms with Gasteiger partial charge in [-0.1, -0.05) is 6.92 Å². The summed E-state index contributed by atoms with van der Waals surface area (Å²) in [5, 5.41) is 12.1. The number of rotatable bonds is 8. The summed E-state index contributed by atoms with van der Waals surface area (Å²) in [6.07, 6.45) is 3.44. The van der Waals surface area contributed by atoms with Crippen molar-refractivity contribution in [1.82, 2.24) is 9.62 Å². The van der Waals surface area contributed by atoms with E-state index in [9.17, 15) is 8.42 Å². The lowest BCUT2D eigenvalue weighted by Crippen LogP contribution is -2.35. The molecule has 2 N–H and O–H groups in total. The van der Waals surface area contributed by atoms with Crippen LogP contribution >= 0.6 is 0 Å². The van der Waals surface area contributed by atoms with E-state index in [1.807, 2.05) is 6.92 Å². The molecule has 6 heteroatoms. The van der Waals surface area contributed by atoms with Crippen molar-refractivity contribution in [3.8, 4) is 0 Å². The smallest absolute Gasteiger partial charge is 0.214 e. The molecule has 1 aliphatic heterocycles. The largest absolute Gasteiger partial charge is 0.396 e. The van der Waals surface area contributed by atoms with Crippen LogP contribution in [-0.2, 0) is 10.0 Å². The molecule has 0 atom stereocenters. The minimum atomic E-state index is -3.14. The van der Waals surface area contributed by atoms with E-state index < -0.39 is 10.0 Å². The van der Waals surface area contributed by atoms with E-state index in [1.165, 1.54) is 4.31 Å². The Kier molecular flexibility index (Phi) is 7.14. The number of nitrogens with zero attached hydrogens (tertiary/aromatic N) is 1. The van der Waals surface area contributed by atoms with E-state index in [1.54, 1.807) is 0 Å². The van der Waals surface area contributed by atoms with Gasteiger partial charge in [0.2, 0.25) is 10.0 Å². The third-order valence-electron chi connectivity index (χ3n) is 3.55. The second kappa shape index (κ2) is 8.09. The first-order valence-corrected chi connectivity index (χ1v) is 8.50. The maximum absolute atomic E-state index is 12.1. The Morgan fingerprint density at radius 2 is 2.00 bits per heavy atom. The molecule has 1 aliphatic rings. The third-order valence-corrected chi connectivity index (χ3v) is 5.53. The van der Waals surface area contributed by atoms with Crippen molar-refractivity contribution in [2.24, 2.45) is 5.92 Å². The molecule has 0 aromatic carbocycles. The predicted octanol–water partition coefficient (Wildman–Crippen LogP) is 0.410. The number of piperidine rings is 1. The molecule has 18 heavy (non-hydrogen) atoms. The Labute approximate surface area is 111 Å². The van der Waals surface area contributed by atoms with Crippen LogP contribution < -0.4 is 5.32 Å². The molecule has 0 aromatic rings. The van der Waals surface area contributed by atoms with Crippen LogP contribution in [0.3, 0.4) is 0 Å². The highest BCUT2D eigenvalue weighted by molar-refractivity contribution is 7.89. The second-order valence-corrected chi connectivity index (χ2v) is 6.96. The van der Waals surface area contributed by atoms with Crippen molar-refractivity contribution >= 4 is 10.0 Å². The van der Waals surface area contributed by atoms with Crippen LogP contribution in [0.2, 0.25) is 0 Å². The molecule has 0 bridgehead atoms. The number of hydrogen-bond acceptors (Lipinski definition) is 4. The van der Waals surface area contributed by atoms with Gasteiger partial charge in [-0.25, -0.2) is 12.7 Å². The standard InChI is InChI=1S/C12H26N2O3S/c1-2-14(9-3-10-15)18(16,17)11-6-12-4-7-13-8-5-12/h12-13,15H,2-11H2,1H3. The van der Waals surface area contributed by atoms with Gasteiger partial charge in [0.05, 0.1) is 5.75 Å². The van der Waals surface area contributed by atoms with Crippen LogP contribution in [0.15, 0.2) is 0 Å². The monoisotopic (exact) mass is 278 g/mol. The predicted molar refractivity (Wildman–Crippen MR) is 72.9 cm³/mol. The van der Waals surface area contributed by atoms with Crippen LogP contribution in [0, 0.1) is 5.92 Å². The van der Waals surface area contributed by atoms with Crippen LogP contribution in [0.1, 0.15) is 32.6 Å². The van der Waals surface area contributed by atoms with E-state index >= 15 is 0 Å². The normalized spacial score (nSPS) is 18.4. The summed E-state index contributed by atoms with van der Waals surface area (Å²) in [6.45, 7) is 4.83. The van der Waals surface area contributed by atoms with Gasteiger partial charge >= 0.3 is 0 Å². The van der Waals surface area contributed by atoms with E-state index in [4.69, 9.17) is 5.11 Å². The zero-order valence-electron chi connectivity index (χ0n) is 11.3. The Hall–Kier alpha value is -0.170. The van der Waals surface area contributed by atoms with E-state index in [0.717, 1.165) is 32.4 Å². The van der Waals surface area contributed by atoms with Gasteiger partial charge in [-0.3, -0.25) is 0 Å². The molecular formula is C12H26N2O3S. The fourth-order valence-corrected chi connectivity index (χ4v) is 4.05. The molecule has 1 heterocycles. The molecule has 108 valence electrons. The maximum Gasteiger partial charge on any atom is 0.214 e. The van der Waals surface area contributed by atoms with Crippen molar-refractivity contribution in [3.05, 3.63) is 0 Å². The fourth-order valence-electron chi connectivity index (χ4n) is 2.36. The highest BCUT2D eigenvalue weighted by Gasteiger charge is 2.22. The SMILES string of the molecule is CCN(CCCO)S(=O)(=O)CCC1CCNCC1. The molecule has 0 radical (unpaired) electrons. The summed E-state index contributed by atoms with van der Waals surface area (Å²) in [5.41, 5.74) is 0. The highest BCUT2D eigenvalue weighted by atomic mass is 32.2.